The molecule has 0 saturated carbocycles. The molecule has 2 aromatic rings. The van der Waals surface area contributed by atoms with Crippen LogP contribution in [0.4, 0.5) is 13.6 Å². The summed E-state index contributed by atoms with van der Waals surface area (Å²) in [6.07, 6.45) is -1.14. The van der Waals surface area contributed by atoms with Gasteiger partial charge in [0.25, 0.3) is 0 Å². The Morgan fingerprint density at radius 1 is 1.24 bits per heavy atom. The quantitative estimate of drug-likeness (QED) is 0.539. The summed E-state index contributed by atoms with van der Waals surface area (Å²) in [5.41, 5.74) is 1.03. The average Bonchev–Trinajstić information content (AvgIpc) is 3.38. The van der Waals surface area contributed by atoms with Crippen LogP contribution in [0.5, 0.6) is 0 Å². The lowest BCUT2D eigenvalue weighted by Crippen LogP contribution is -2.52. The Balaban J connectivity index is 1.56. The fourth-order valence-corrected chi connectivity index (χ4v) is 5.10. The first kappa shape index (κ1) is 28.0. The Morgan fingerprint density at radius 2 is 1.97 bits per heavy atom. The lowest BCUT2D eigenvalue weighted by molar-refractivity contribution is -0.0631. The van der Waals surface area contributed by atoms with E-state index in [1.54, 1.807) is 27.7 Å². The molecule has 9 nitrogen and oxygen atoms in total. The molecule has 38 heavy (non-hydrogen) atoms. The van der Waals surface area contributed by atoms with Crippen molar-refractivity contribution >= 4 is 12.1 Å². The standard InChI is InChI=1S/C27H36F2N4O5/c1-7-36-25(34)24-30-21-12-32(13-22(21)33(24)15(2)3)17-11-20(31-26(35)38-27(4,5)6)23(37-14-17)18-10-16(28)8-9-19(18)29/h8-10,15,17,20,23H,7,11-14H2,1-6H3,(H,31,35)/t17-,20+,23-/m1/s1. The van der Waals surface area contributed by atoms with Crippen molar-refractivity contribution in [2.75, 3.05) is 13.2 Å². The van der Waals surface area contributed by atoms with Gasteiger partial charge in [0.2, 0.25) is 5.82 Å². The van der Waals surface area contributed by atoms with Crippen molar-refractivity contribution < 1.29 is 32.6 Å². The van der Waals surface area contributed by atoms with Crippen LogP contribution in [0.2, 0.25) is 0 Å². The van der Waals surface area contributed by atoms with Crippen LogP contribution in [0, 0.1) is 11.6 Å². The molecule has 1 fully saturated rings. The third kappa shape index (κ3) is 5.99. The molecule has 208 valence electrons. The molecular formula is C27H36F2N4O5. The van der Waals surface area contributed by atoms with Crippen LogP contribution in [0.15, 0.2) is 18.2 Å². The number of nitrogens with one attached hydrogen (secondary N) is 1. The van der Waals surface area contributed by atoms with Gasteiger partial charge in [0.1, 0.15) is 23.3 Å². The number of imidazole rings is 1. The van der Waals surface area contributed by atoms with Crippen molar-refractivity contribution in [3.05, 3.63) is 52.6 Å². The van der Waals surface area contributed by atoms with E-state index in [9.17, 15) is 18.4 Å². The van der Waals surface area contributed by atoms with E-state index in [0.717, 1.165) is 29.6 Å². The van der Waals surface area contributed by atoms with Crippen molar-refractivity contribution in [2.45, 2.75) is 90.9 Å². The van der Waals surface area contributed by atoms with E-state index < -0.39 is 41.4 Å². The van der Waals surface area contributed by atoms with Gasteiger partial charge in [-0.05, 0) is 66.2 Å². The second kappa shape index (κ2) is 11.0. The number of ether oxygens (including phenoxy) is 3. The number of aromatic nitrogens is 2. The zero-order chi connectivity index (χ0) is 27.8. The van der Waals surface area contributed by atoms with E-state index >= 15 is 0 Å². The van der Waals surface area contributed by atoms with Crippen molar-refractivity contribution in [2.24, 2.45) is 0 Å². The number of alkyl carbamates (subject to hydrolysis) is 1. The number of hydrogen-bond acceptors (Lipinski definition) is 7. The van der Waals surface area contributed by atoms with Gasteiger partial charge in [-0.3, -0.25) is 4.90 Å². The second-order valence-corrected chi connectivity index (χ2v) is 11.0. The van der Waals surface area contributed by atoms with Gasteiger partial charge < -0.3 is 24.1 Å². The normalized spacial score (nSPS) is 21.9. The fraction of sp³-hybridized carbons (Fsp3) is 0.593. The number of halogens is 2. The summed E-state index contributed by atoms with van der Waals surface area (Å²) in [5, 5.41) is 2.82. The average molecular weight is 535 g/mol. The van der Waals surface area contributed by atoms with Gasteiger partial charge in [-0.1, -0.05) is 0 Å². The smallest absolute Gasteiger partial charge is 0.407 e. The first-order valence-corrected chi connectivity index (χ1v) is 12.9. The lowest BCUT2D eigenvalue weighted by Gasteiger charge is -2.40. The van der Waals surface area contributed by atoms with Crippen LogP contribution in [-0.2, 0) is 27.3 Å². The summed E-state index contributed by atoms with van der Waals surface area (Å²) in [6, 6.07) is 2.37. The molecule has 0 spiro atoms. The highest BCUT2D eigenvalue weighted by atomic mass is 19.1. The summed E-state index contributed by atoms with van der Waals surface area (Å²) in [6.45, 7) is 12.5. The first-order chi connectivity index (χ1) is 17.9. The molecule has 3 atom stereocenters. The minimum atomic E-state index is -0.891. The van der Waals surface area contributed by atoms with Crippen molar-refractivity contribution in [3.8, 4) is 0 Å². The molecule has 0 aliphatic carbocycles. The predicted octanol–water partition coefficient (Wildman–Crippen LogP) is 4.66. The van der Waals surface area contributed by atoms with Crippen LogP contribution in [0.3, 0.4) is 0 Å². The van der Waals surface area contributed by atoms with Crippen molar-refractivity contribution in [1.82, 2.24) is 19.8 Å². The summed E-state index contributed by atoms with van der Waals surface area (Å²) in [5.74, 6) is -1.37. The third-order valence-electron chi connectivity index (χ3n) is 6.62. The van der Waals surface area contributed by atoms with Crippen LogP contribution in [-0.4, -0.2) is 57.4 Å². The molecule has 4 rings (SSSR count). The molecule has 1 N–H and O–H groups in total. The van der Waals surface area contributed by atoms with E-state index in [1.165, 1.54) is 0 Å². The number of esters is 1. The van der Waals surface area contributed by atoms with Gasteiger partial charge in [-0.2, -0.15) is 0 Å². The predicted molar refractivity (Wildman–Crippen MR) is 134 cm³/mol. The summed E-state index contributed by atoms with van der Waals surface area (Å²) < 4.78 is 47.3. The van der Waals surface area contributed by atoms with Gasteiger partial charge in [-0.25, -0.2) is 23.4 Å². The van der Waals surface area contributed by atoms with Crippen LogP contribution >= 0.6 is 0 Å². The maximum absolute atomic E-state index is 14.7. The molecule has 1 aromatic carbocycles. The number of carbonyl (C=O) groups excluding carboxylic acids is 2. The third-order valence-corrected chi connectivity index (χ3v) is 6.62. The van der Waals surface area contributed by atoms with Gasteiger partial charge in [0.15, 0.2) is 0 Å². The summed E-state index contributed by atoms with van der Waals surface area (Å²) in [4.78, 5) is 31.9. The van der Waals surface area contributed by atoms with Gasteiger partial charge in [0, 0.05) is 30.7 Å². The monoisotopic (exact) mass is 534 g/mol. The Hall–Kier alpha value is -3.05. The molecule has 11 heteroatoms. The molecule has 1 aromatic heterocycles. The number of hydrogen-bond donors (Lipinski definition) is 1. The molecule has 0 unspecified atom stereocenters. The number of nitrogens with zero attached hydrogens (tertiary/aromatic N) is 3. The molecule has 1 saturated heterocycles. The zero-order valence-electron chi connectivity index (χ0n) is 22.7. The molecule has 2 aliphatic heterocycles. The number of fused-ring (bicyclic) bond motifs is 1. The Kier molecular flexibility index (Phi) is 8.08. The Labute approximate surface area is 221 Å². The largest absolute Gasteiger partial charge is 0.460 e. The van der Waals surface area contributed by atoms with Crippen molar-refractivity contribution in [3.63, 3.8) is 0 Å². The van der Waals surface area contributed by atoms with Crippen LogP contribution in [0.1, 0.15) is 87.7 Å². The Morgan fingerprint density at radius 3 is 2.63 bits per heavy atom. The van der Waals surface area contributed by atoms with E-state index in [0.29, 0.717) is 19.5 Å². The van der Waals surface area contributed by atoms with Crippen LogP contribution in [0.25, 0.3) is 0 Å². The maximum Gasteiger partial charge on any atom is 0.407 e. The van der Waals surface area contributed by atoms with E-state index in [-0.39, 0.29) is 36.7 Å². The first-order valence-electron chi connectivity index (χ1n) is 12.9. The molecule has 0 radical (unpaired) electrons. The fourth-order valence-electron chi connectivity index (χ4n) is 5.10. The second-order valence-electron chi connectivity index (χ2n) is 11.0. The van der Waals surface area contributed by atoms with E-state index in [2.05, 4.69) is 15.2 Å². The van der Waals surface area contributed by atoms with Crippen LogP contribution < -0.4 is 5.32 Å². The number of carbonyl (C=O) groups is 2. The SMILES string of the molecule is CCOC(=O)c1nc2c(n1C(C)C)CN([C@H]1CO[C@H](c3cc(F)ccc3F)[C@@H](NC(=O)OC(C)(C)C)C1)C2. The molecule has 0 bridgehead atoms. The topological polar surface area (TPSA) is 94.9 Å². The highest BCUT2D eigenvalue weighted by molar-refractivity contribution is 5.86. The highest BCUT2D eigenvalue weighted by Gasteiger charge is 2.41. The number of benzene rings is 1. The molecule has 1 amide bonds. The molecule has 3 heterocycles. The minimum absolute atomic E-state index is 0.00451. The van der Waals surface area contributed by atoms with Crippen molar-refractivity contribution in [1.29, 1.82) is 0 Å². The Bertz CT molecular complexity index is 1190. The highest BCUT2D eigenvalue weighted by Crippen LogP contribution is 2.36. The van der Waals surface area contributed by atoms with E-state index in [4.69, 9.17) is 14.2 Å². The van der Waals surface area contributed by atoms with Gasteiger partial charge >= 0.3 is 12.1 Å². The number of rotatable bonds is 6. The zero-order valence-corrected chi connectivity index (χ0v) is 22.7. The van der Waals surface area contributed by atoms with Gasteiger partial charge in [0.05, 0.1) is 30.6 Å². The van der Waals surface area contributed by atoms with E-state index in [1.807, 2.05) is 18.4 Å². The molecular weight excluding hydrogens is 498 g/mol. The number of amides is 1. The summed E-state index contributed by atoms with van der Waals surface area (Å²) >= 11 is 0. The lowest BCUT2D eigenvalue weighted by atomic mass is 9.92. The van der Waals surface area contributed by atoms with Gasteiger partial charge in [-0.15, -0.1) is 0 Å². The maximum atomic E-state index is 14.7. The summed E-state index contributed by atoms with van der Waals surface area (Å²) in [7, 11) is 0. The molecule has 2 aliphatic rings. The minimum Gasteiger partial charge on any atom is -0.460 e.